The minimum Gasteiger partial charge on any atom is -0.456 e. The third-order valence-corrected chi connectivity index (χ3v) is 12.2. The van der Waals surface area contributed by atoms with E-state index in [0.29, 0.717) is 33.5 Å². The molecular formula is C53H31N5O2. The molecule has 0 bridgehead atoms. The zero-order chi connectivity index (χ0) is 39.5. The van der Waals surface area contributed by atoms with Crippen LogP contribution in [0.3, 0.4) is 0 Å². The summed E-state index contributed by atoms with van der Waals surface area (Å²) < 4.78 is 12.7. The highest BCUT2D eigenvalue weighted by atomic mass is 16.3. The Bertz CT molecular complexity index is 3980. The van der Waals surface area contributed by atoms with E-state index in [9.17, 15) is 0 Å². The van der Waals surface area contributed by atoms with Crippen LogP contribution in [0.15, 0.2) is 198 Å². The van der Waals surface area contributed by atoms with Gasteiger partial charge in [0.15, 0.2) is 5.82 Å². The molecule has 0 aliphatic heterocycles. The third-order valence-electron chi connectivity index (χ3n) is 12.2. The molecule has 7 nitrogen and oxygen atoms in total. The Morgan fingerprint density at radius 2 is 0.983 bits per heavy atom. The topological polar surface area (TPSA) is 70.8 Å². The van der Waals surface area contributed by atoms with Gasteiger partial charge < -0.3 is 8.98 Å². The highest BCUT2D eigenvalue weighted by Gasteiger charge is 2.24. The lowest BCUT2D eigenvalue weighted by molar-refractivity contribution is 0.669. The van der Waals surface area contributed by atoms with E-state index in [1.54, 1.807) is 10.9 Å². The molecule has 280 valence electrons. The average Bonchev–Trinajstić information content (AvgIpc) is 3.97. The fourth-order valence-corrected chi connectivity index (χ4v) is 9.59. The van der Waals surface area contributed by atoms with Crippen molar-refractivity contribution in [2.24, 2.45) is 0 Å². The van der Waals surface area contributed by atoms with Gasteiger partial charge in [-0.2, -0.15) is 0 Å². The maximum absolute atomic E-state index is 15.0. The van der Waals surface area contributed by atoms with Gasteiger partial charge >= 0.3 is 0 Å². The van der Waals surface area contributed by atoms with E-state index in [-0.39, 0.29) is 5.56 Å². The number of benzene rings is 8. The Labute approximate surface area is 341 Å². The van der Waals surface area contributed by atoms with Crippen LogP contribution in [0.2, 0.25) is 0 Å². The largest absolute Gasteiger partial charge is 0.456 e. The predicted octanol–water partition coefficient (Wildman–Crippen LogP) is 12.7. The Hall–Kier alpha value is -8.29. The van der Waals surface area contributed by atoms with Crippen molar-refractivity contribution in [3.8, 4) is 28.3 Å². The minimum absolute atomic E-state index is 0.154. The van der Waals surface area contributed by atoms with Gasteiger partial charge in [0.05, 0.1) is 33.1 Å². The van der Waals surface area contributed by atoms with Gasteiger partial charge in [0.2, 0.25) is 0 Å². The van der Waals surface area contributed by atoms with Gasteiger partial charge in [-0.25, -0.2) is 9.97 Å². The molecule has 0 fully saturated rings. The fraction of sp³-hybridized carbons (Fsp3) is 0. The van der Waals surface area contributed by atoms with Crippen molar-refractivity contribution >= 4 is 87.4 Å². The first-order valence-corrected chi connectivity index (χ1v) is 20.0. The van der Waals surface area contributed by atoms with E-state index >= 15 is 4.79 Å². The first-order valence-electron chi connectivity index (χ1n) is 20.0. The second-order valence-electron chi connectivity index (χ2n) is 15.3. The summed E-state index contributed by atoms with van der Waals surface area (Å²) >= 11 is 0. The highest BCUT2D eigenvalue weighted by molar-refractivity contribution is 6.15. The first kappa shape index (κ1) is 32.8. The number of para-hydroxylation sites is 4. The maximum atomic E-state index is 15.0. The summed E-state index contributed by atoms with van der Waals surface area (Å²) in [5.74, 6) is 0.613. The molecule has 5 heterocycles. The number of rotatable bonds is 4. The van der Waals surface area contributed by atoms with Crippen LogP contribution in [0.5, 0.6) is 0 Å². The standard InChI is InChI=1S/C53H31N5O2/c59-53-38-18-5-4-17-37(38)50-51(58(53)46-22-12-24-48-49(46)39-19-8-11-23-47(39)60-48)52(55-31-54-50)57-43-21-10-7-16-36(43)41-30-33(26-28-45(41)57)32-25-27-44-40(29-32)35-15-6-9-20-42(35)56(44)34-13-2-1-3-14-34/h1-31H. The third kappa shape index (κ3) is 4.51. The van der Waals surface area contributed by atoms with Crippen LogP contribution in [0, 0.1) is 0 Å². The van der Waals surface area contributed by atoms with Gasteiger partial charge in [-0.1, -0.05) is 109 Å². The summed E-state index contributed by atoms with van der Waals surface area (Å²) in [7, 11) is 0. The van der Waals surface area contributed by atoms with Crippen molar-refractivity contribution < 1.29 is 4.42 Å². The maximum Gasteiger partial charge on any atom is 0.263 e. The van der Waals surface area contributed by atoms with Gasteiger partial charge in [0.1, 0.15) is 28.5 Å². The normalized spacial score (nSPS) is 12.1. The van der Waals surface area contributed by atoms with E-state index < -0.39 is 0 Å². The summed E-state index contributed by atoms with van der Waals surface area (Å²) in [6.45, 7) is 0. The van der Waals surface area contributed by atoms with E-state index in [1.165, 1.54) is 16.3 Å². The highest BCUT2D eigenvalue weighted by Crippen LogP contribution is 2.40. The number of hydrogen-bond donors (Lipinski definition) is 0. The van der Waals surface area contributed by atoms with Crippen LogP contribution in [-0.4, -0.2) is 23.7 Å². The van der Waals surface area contributed by atoms with Crippen molar-refractivity contribution in [3.05, 3.63) is 199 Å². The lowest BCUT2D eigenvalue weighted by Crippen LogP contribution is -2.21. The molecular weight excluding hydrogens is 739 g/mol. The molecule has 0 saturated carbocycles. The summed E-state index contributed by atoms with van der Waals surface area (Å²) in [5, 5.41) is 7.72. The molecule has 60 heavy (non-hydrogen) atoms. The molecule has 13 rings (SSSR count). The molecule has 5 aromatic heterocycles. The van der Waals surface area contributed by atoms with Crippen molar-refractivity contribution in [2.75, 3.05) is 0 Å². The zero-order valence-corrected chi connectivity index (χ0v) is 32.0. The minimum atomic E-state index is -0.154. The van der Waals surface area contributed by atoms with E-state index in [1.807, 2.05) is 66.7 Å². The van der Waals surface area contributed by atoms with Crippen molar-refractivity contribution in [1.82, 2.24) is 23.7 Å². The number of aromatic nitrogens is 5. The molecule has 0 aliphatic carbocycles. The molecule has 7 heteroatoms. The monoisotopic (exact) mass is 769 g/mol. The average molecular weight is 770 g/mol. The van der Waals surface area contributed by atoms with Gasteiger partial charge in [0, 0.05) is 43.4 Å². The second-order valence-corrected chi connectivity index (χ2v) is 15.3. The summed E-state index contributed by atoms with van der Waals surface area (Å²) in [6, 6.07) is 62.6. The van der Waals surface area contributed by atoms with Crippen LogP contribution in [0.25, 0.3) is 116 Å². The number of furan rings is 1. The first-order chi connectivity index (χ1) is 29.7. The molecule has 0 unspecified atom stereocenters. The lowest BCUT2D eigenvalue weighted by atomic mass is 10.0. The van der Waals surface area contributed by atoms with E-state index in [0.717, 1.165) is 65.9 Å². The van der Waals surface area contributed by atoms with Crippen molar-refractivity contribution in [3.63, 3.8) is 0 Å². The van der Waals surface area contributed by atoms with E-state index in [2.05, 4.69) is 124 Å². The molecule has 0 saturated heterocycles. The molecule has 0 spiro atoms. The molecule has 0 N–H and O–H groups in total. The van der Waals surface area contributed by atoms with Crippen LogP contribution >= 0.6 is 0 Å². The molecule has 0 radical (unpaired) electrons. The molecule has 0 amide bonds. The molecule has 0 atom stereocenters. The predicted molar refractivity (Wildman–Crippen MR) is 244 cm³/mol. The Morgan fingerprint density at radius 3 is 1.72 bits per heavy atom. The SMILES string of the molecule is O=c1c2ccccc2c2ncnc(-n3c4ccccc4c4cc(-c5ccc6c(c5)c5ccccc5n6-c5ccccc5)ccc43)c2n1-c1cccc2oc3ccccc3c12. The number of pyridine rings is 1. The summed E-state index contributed by atoms with van der Waals surface area (Å²) in [6.07, 6.45) is 1.61. The quantitative estimate of drug-likeness (QED) is 0.167. The molecule has 13 aromatic rings. The summed E-state index contributed by atoms with van der Waals surface area (Å²) in [4.78, 5) is 25.0. The lowest BCUT2D eigenvalue weighted by Gasteiger charge is -2.17. The zero-order valence-electron chi connectivity index (χ0n) is 32.0. The molecule has 0 aliphatic rings. The number of fused-ring (bicyclic) bond motifs is 12. The second kappa shape index (κ2) is 12.4. The van der Waals surface area contributed by atoms with Crippen LogP contribution in [-0.2, 0) is 0 Å². The van der Waals surface area contributed by atoms with Gasteiger partial charge in [-0.05, 0) is 83.9 Å². The van der Waals surface area contributed by atoms with Crippen LogP contribution in [0.1, 0.15) is 0 Å². The smallest absolute Gasteiger partial charge is 0.263 e. The van der Waals surface area contributed by atoms with Crippen molar-refractivity contribution in [1.29, 1.82) is 0 Å². The summed E-state index contributed by atoms with van der Waals surface area (Å²) in [5.41, 5.74) is 11.0. The Balaban J connectivity index is 1.08. The fourth-order valence-electron chi connectivity index (χ4n) is 9.59. The van der Waals surface area contributed by atoms with Crippen molar-refractivity contribution in [2.45, 2.75) is 0 Å². The Kier molecular flexibility index (Phi) is 6.75. The van der Waals surface area contributed by atoms with E-state index in [4.69, 9.17) is 14.4 Å². The Morgan fingerprint density at radius 1 is 0.417 bits per heavy atom. The van der Waals surface area contributed by atoms with Gasteiger partial charge in [-0.3, -0.25) is 13.9 Å². The van der Waals surface area contributed by atoms with Gasteiger partial charge in [0.25, 0.3) is 5.56 Å². The van der Waals surface area contributed by atoms with Crippen LogP contribution in [0.4, 0.5) is 0 Å². The molecule has 8 aromatic carbocycles. The van der Waals surface area contributed by atoms with Gasteiger partial charge in [-0.15, -0.1) is 0 Å². The number of nitrogens with zero attached hydrogens (tertiary/aromatic N) is 5. The number of hydrogen-bond acceptors (Lipinski definition) is 4. The van der Waals surface area contributed by atoms with Crippen LogP contribution < -0.4 is 5.56 Å².